The van der Waals surface area contributed by atoms with Crippen molar-refractivity contribution in [2.24, 2.45) is 0 Å². The van der Waals surface area contributed by atoms with Crippen LogP contribution in [-0.2, 0) is 16.0 Å². The van der Waals surface area contributed by atoms with Crippen molar-refractivity contribution in [3.63, 3.8) is 0 Å². The molecule has 1 aromatic heterocycles. The number of alkyl halides is 2. The van der Waals surface area contributed by atoms with E-state index in [0.29, 0.717) is 29.3 Å². The number of hydrogen-bond donors (Lipinski definition) is 1. The molecule has 0 atom stereocenters. The summed E-state index contributed by atoms with van der Waals surface area (Å²) in [6.07, 6.45) is 3.31. The number of rotatable bonds is 8. The first-order valence-electron chi connectivity index (χ1n) is 12.2. The number of amides is 1. The van der Waals surface area contributed by atoms with Crippen LogP contribution in [0.1, 0.15) is 33.6 Å². The minimum Gasteiger partial charge on any atom is -0.497 e. The highest BCUT2D eigenvalue weighted by Crippen LogP contribution is 2.38. The van der Waals surface area contributed by atoms with Crippen LogP contribution in [0.2, 0.25) is 0 Å². The van der Waals surface area contributed by atoms with Gasteiger partial charge in [0.25, 0.3) is 5.91 Å². The number of hydrogen-bond acceptors (Lipinski definition) is 6. The summed E-state index contributed by atoms with van der Waals surface area (Å²) in [5.41, 5.74) is 4.49. The topological polar surface area (TPSA) is 86.8 Å². The molecular formula is C30H24F2N2O5. The summed E-state index contributed by atoms with van der Waals surface area (Å²) in [5, 5.41) is 3.08. The van der Waals surface area contributed by atoms with E-state index < -0.39 is 25.1 Å². The van der Waals surface area contributed by atoms with Gasteiger partial charge in [0.2, 0.25) is 0 Å². The first-order chi connectivity index (χ1) is 18.9. The number of benzene rings is 3. The highest BCUT2D eigenvalue weighted by Gasteiger charge is 2.28. The molecule has 3 aromatic carbocycles. The number of nitrogens with zero attached hydrogens (tertiary/aromatic N) is 1. The molecule has 5 rings (SSSR count). The van der Waals surface area contributed by atoms with Crippen molar-refractivity contribution in [3.8, 4) is 11.5 Å². The third-order valence-electron chi connectivity index (χ3n) is 6.31. The van der Waals surface area contributed by atoms with Crippen LogP contribution < -0.4 is 14.8 Å². The number of aromatic nitrogens is 1. The van der Waals surface area contributed by atoms with E-state index in [9.17, 15) is 18.4 Å². The summed E-state index contributed by atoms with van der Waals surface area (Å²) in [5.74, 6) is -0.792. The lowest BCUT2D eigenvalue weighted by atomic mass is 10.0. The zero-order valence-corrected chi connectivity index (χ0v) is 20.9. The van der Waals surface area contributed by atoms with Crippen LogP contribution in [0.3, 0.4) is 0 Å². The first-order valence-corrected chi connectivity index (χ1v) is 12.2. The van der Waals surface area contributed by atoms with Crippen molar-refractivity contribution in [1.82, 2.24) is 4.98 Å². The number of allylic oxidation sites excluding steroid dienone is 1. The van der Waals surface area contributed by atoms with Gasteiger partial charge >= 0.3 is 12.6 Å². The van der Waals surface area contributed by atoms with Gasteiger partial charge < -0.3 is 19.5 Å². The Hall–Kier alpha value is -4.79. The lowest BCUT2D eigenvalue weighted by Crippen LogP contribution is -2.22. The second kappa shape index (κ2) is 11.3. The minimum absolute atomic E-state index is 0.0439. The van der Waals surface area contributed by atoms with Crippen LogP contribution >= 0.6 is 0 Å². The number of carbonyl (C=O) groups excluding carboxylic acids is 2. The number of fused-ring (bicyclic) bond motifs is 2. The second-order valence-electron chi connectivity index (χ2n) is 8.77. The van der Waals surface area contributed by atoms with Gasteiger partial charge in [-0.1, -0.05) is 42.5 Å². The number of carbonyl (C=O) groups is 2. The maximum atomic E-state index is 13.3. The molecular weight excluding hydrogens is 506 g/mol. The third-order valence-corrected chi connectivity index (χ3v) is 6.31. The number of halogens is 2. The van der Waals surface area contributed by atoms with Crippen LogP contribution in [0.5, 0.6) is 11.5 Å². The Kier molecular flexibility index (Phi) is 7.49. The lowest BCUT2D eigenvalue weighted by Gasteiger charge is -2.13. The molecule has 4 aromatic rings. The number of anilines is 1. The van der Waals surface area contributed by atoms with Gasteiger partial charge in [-0.3, -0.25) is 4.79 Å². The molecule has 9 heteroatoms. The van der Waals surface area contributed by atoms with E-state index in [1.54, 1.807) is 19.2 Å². The number of methoxy groups -OCH3 is 1. The Bertz CT molecular complexity index is 1570. The smallest absolute Gasteiger partial charge is 0.387 e. The van der Waals surface area contributed by atoms with Gasteiger partial charge in [-0.25, -0.2) is 9.78 Å². The number of esters is 1. The SMILES string of the molecule is COc1ccc(/C=C2\CCc3c2nc2ccccc2c3C(=O)OCC(=O)Nc2ccccc2OC(F)F)cc1. The highest BCUT2D eigenvalue weighted by atomic mass is 19.3. The van der Waals surface area contributed by atoms with Crippen molar-refractivity contribution >= 4 is 40.1 Å². The molecule has 1 heterocycles. The molecule has 1 aliphatic carbocycles. The Morgan fingerprint density at radius 2 is 1.74 bits per heavy atom. The number of para-hydroxylation sites is 3. The summed E-state index contributed by atoms with van der Waals surface area (Å²) >= 11 is 0. The van der Waals surface area contributed by atoms with Crippen LogP contribution in [0.4, 0.5) is 14.5 Å². The minimum atomic E-state index is -3.05. The van der Waals surface area contributed by atoms with E-state index >= 15 is 0 Å². The fourth-order valence-corrected chi connectivity index (χ4v) is 4.57. The van der Waals surface area contributed by atoms with Gasteiger partial charge in [-0.15, -0.1) is 0 Å². The predicted molar refractivity (Wildman–Crippen MR) is 143 cm³/mol. The van der Waals surface area contributed by atoms with Crippen molar-refractivity contribution < 1.29 is 32.6 Å². The fraction of sp³-hybridized carbons (Fsp3) is 0.167. The van der Waals surface area contributed by atoms with Gasteiger partial charge in [0, 0.05) is 5.39 Å². The average Bonchev–Trinajstić information content (AvgIpc) is 3.33. The Balaban J connectivity index is 1.39. The molecule has 0 spiro atoms. The monoisotopic (exact) mass is 530 g/mol. The maximum Gasteiger partial charge on any atom is 0.387 e. The molecule has 0 radical (unpaired) electrons. The predicted octanol–water partition coefficient (Wildman–Crippen LogP) is 6.13. The largest absolute Gasteiger partial charge is 0.497 e. The van der Waals surface area contributed by atoms with Gasteiger partial charge in [-0.2, -0.15) is 8.78 Å². The van der Waals surface area contributed by atoms with Crippen molar-refractivity contribution in [2.75, 3.05) is 19.0 Å². The standard InChI is InChI=1S/C30H24F2N2O5/c1-37-20-13-10-18(11-14-20)16-19-12-15-22-27(21-6-2-3-7-23(21)34-28(19)22)29(36)38-17-26(35)33-24-8-4-5-9-25(24)39-30(31)32/h2-11,13-14,16,30H,12,15,17H2,1H3,(H,33,35)/b19-16+. The molecule has 1 N–H and O–H groups in total. The normalized spacial score (nSPS) is 13.4. The molecule has 198 valence electrons. The molecule has 1 amide bonds. The summed E-state index contributed by atoms with van der Waals surface area (Å²) in [6.45, 7) is -3.66. The molecule has 0 saturated carbocycles. The van der Waals surface area contributed by atoms with Crippen LogP contribution in [0.25, 0.3) is 22.6 Å². The fourth-order valence-electron chi connectivity index (χ4n) is 4.57. The van der Waals surface area contributed by atoms with E-state index in [0.717, 1.165) is 28.1 Å². The average molecular weight is 531 g/mol. The van der Waals surface area contributed by atoms with Crippen LogP contribution in [0.15, 0.2) is 72.8 Å². The van der Waals surface area contributed by atoms with E-state index in [-0.39, 0.29) is 11.4 Å². The number of nitrogens with one attached hydrogen (secondary N) is 1. The zero-order valence-electron chi connectivity index (χ0n) is 20.9. The molecule has 0 fully saturated rings. The van der Waals surface area contributed by atoms with Gasteiger partial charge in [-0.05, 0) is 65.9 Å². The van der Waals surface area contributed by atoms with E-state index in [1.807, 2.05) is 48.5 Å². The van der Waals surface area contributed by atoms with Crippen molar-refractivity contribution in [3.05, 3.63) is 95.2 Å². The highest BCUT2D eigenvalue weighted by molar-refractivity contribution is 6.08. The zero-order chi connectivity index (χ0) is 27.4. The second-order valence-corrected chi connectivity index (χ2v) is 8.77. The summed E-state index contributed by atoms with van der Waals surface area (Å²) in [4.78, 5) is 30.7. The van der Waals surface area contributed by atoms with Crippen molar-refractivity contribution in [2.45, 2.75) is 19.5 Å². The van der Waals surface area contributed by atoms with Gasteiger partial charge in [0.1, 0.15) is 11.5 Å². The summed E-state index contributed by atoms with van der Waals surface area (Å²) in [6, 6.07) is 20.7. The maximum absolute atomic E-state index is 13.3. The molecule has 1 aliphatic rings. The molecule has 39 heavy (non-hydrogen) atoms. The van der Waals surface area contributed by atoms with E-state index in [2.05, 4.69) is 10.1 Å². The number of pyridine rings is 1. The molecule has 0 aliphatic heterocycles. The Labute approximate surface area is 223 Å². The van der Waals surface area contributed by atoms with Crippen LogP contribution in [-0.4, -0.2) is 37.2 Å². The molecule has 0 bridgehead atoms. The van der Waals surface area contributed by atoms with Crippen molar-refractivity contribution in [1.29, 1.82) is 0 Å². The first kappa shape index (κ1) is 25.8. The quantitative estimate of drug-likeness (QED) is 0.276. The third kappa shape index (κ3) is 5.72. The summed E-state index contributed by atoms with van der Waals surface area (Å²) < 4.78 is 40.4. The lowest BCUT2D eigenvalue weighted by molar-refractivity contribution is -0.119. The number of ether oxygens (including phenoxy) is 3. The van der Waals surface area contributed by atoms with Gasteiger partial charge in [0.05, 0.1) is 29.6 Å². The van der Waals surface area contributed by atoms with E-state index in [1.165, 1.54) is 18.2 Å². The molecule has 0 saturated heterocycles. The molecule has 0 unspecified atom stereocenters. The summed E-state index contributed by atoms with van der Waals surface area (Å²) in [7, 11) is 1.61. The molecule has 7 nitrogen and oxygen atoms in total. The van der Waals surface area contributed by atoms with Gasteiger partial charge in [0.15, 0.2) is 6.61 Å². The van der Waals surface area contributed by atoms with Crippen LogP contribution in [0, 0.1) is 0 Å². The Morgan fingerprint density at radius 1 is 1.00 bits per heavy atom. The van der Waals surface area contributed by atoms with E-state index in [4.69, 9.17) is 14.5 Å². The Morgan fingerprint density at radius 3 is 2.51 bits per heavy atom.